The maximum absolute atomic E-state index is 14.8. The zero-order chi connectivity index (χ0) is 32.8. The molecule has 2 aliphatic rings. The number of ether oxygens (including phenoxy) is 1. The highest BCUT2D eigenvalue weighted by molar-refractivity contribution is 6.44. The summed E-state index contributed by atoms with van der Waals surface area (Å²) in [6.07, 6.45) is 6.22. The van der Waals surface area contributed by atoms with Crippen LogP contribution in [0.3, 0.4) is 0 Å². The number of carbonyl (C=O) groups is 1. The van der Waals surface area contributed by atoms with E-state index in [1.165, 1.54) is 12.1 Å². The van der Waals surface area contributed by atoms with Gasteiger partial charge in [-0.3, -0.25) is 9.78 Å². The van der Waals surface area contributed by atoms with Gasteiger partial charge in [-0.25, -0.2) is 14.1 Å². The molecule has 10 nitrogen and oxygen atoms in total. The molecule has 7 rings (SSSR count). The smallest absolute Gasteiger partial charge is 0.246 e. The summed E-state index contributed by atoms with van der Waals surface area (Å²) in [5.41, 5.74) is 3.01. The molecule has 0 aliphatic carbocycles. The highest BCUT2D eigenvalue weighted by Crippen LogP contribution is 2.45. The predicted molar refractivity (Wildman–Crippen MR) is 179 cm³/mol. The van der Waals surface area contributed by atoms with Gasteiger partial charge in [-0.05, 0) is 75.7 Å². The Bertz CT molecular complexity index is 2100. The van der Waals surface area contributed by atoms with Crippen molar-refractivity contribution in [1.29, 1.82) is 5.26 Å². The summed E-state index contributed by atoms with van der Waals surface area (Å²) < 4.78 is 23.0. The van der Waals surface area contributed by atoms with E-state index in [-0.39, 0.29) is 35.5 Å². The van der Waals surface area contributed by atoms with Crippen LogP contribution in [0.4, 0.5) is 4.39 Å². The standard InChI is InChI=1S/C34H31Cl2FN8O2/c1-3-27(46)44-15-11-20(16-19(44)10-12-38)45-33-24-17-25(35)28(23-8-9-26(37)22-7-4-13-39-30(22)23)29(36)31(24)40-34(32(33)41-42-45)47-18-21-6-5-14-43(21)2/h3-4,7-9,13,17,19-21H,1,5-6,10-11,14-16,18H2,2H3/t19-,20+,21+/m1/s1. The van der Waals surface area contributed by atoms with Crippen molar-refractivity contribution >= 4 is 61.9 Å². The summed E-state index contributed by atoms with van der Waals surface area (Å²) in [5.74, 6) is -0.310. The molecule has 0 bridgehead atoms. The Balaban J connectivity index is 1.41. The van der Waals surface area contributed by atoms with E-state index in [1.54, 1.807) is 35.4 Å². The fourth-order valence-electron chi connectivity index (χ4n) is 7.01. The molecule has 2 saturated heterocycles. The third-order valence-corrected chi connectivity index (χ3v) is 10.1. The second-order valence-corrected chi connectivity index (χ2v) is 12.9. The van der Waals surface area contributed by atoms with Gasteiger partial charge in [-0.1, -0.05) is 35.0 Å². The molecular weight excluding hydrogens is 642 g/mol. The second kappa shape index (κ2) is 12.7. The van der Waals surface area contributed by atoms with Crippen molar-refractivity contribution in [3.05, 3.63) is 65.0 Å². The van der Waals surface area contributed by atoms with Gasteiger partial charge >= 0.3 is 0 Å². The molecular formula is C34H31Cl2FN8O2. The molecule has 0 saturated carbocycles. The maximum Gasteiger partial charge on any atom is 0.246 e. The van der Waals surface area contributed by atoms with Crippen LogP contribution in [0.2, 0.25) is 10.0 Å². The molecule has 2 aliphatic heterocycles. The van der Waals surface area contributed by atoms with Crippen LogP contribution in [0, 0.1) is 17.1 Å². The summed E-state index contributed by atoms with van der Waals surface area (Å²) >= 11 is 14.2. The van der Waals surface area contributed by atoms with E-state index in [4.69, 9.17) is 32.9 Å². The normalized spacial score (nSPS) is 20.2. The van der Waals surface area contributed by atoms with Gasteiger partial charge in [0.1, 0.15) is 17.9 Å². The molecule has 13 heteroatoms. The van der Waals surface area contributed by atoms with Crippen molar-refractivity contribution in [2.45, 2.75) is 50.2 Å². The highest BCUT2D eigenvalue weighted by Gasteiger charge is 2.34. The number of carbonyl (C=O) groups excluding carboxylic acids is 1. The van der Waals surface area contributed by atoms with Crippen LogP contribution in [-0.2, 0) is 4.79 Å². The number of likely N-dealkylation sites (N-methyl/N-ethyl adjacent to an activating group) is 1. The SMILES string of the molecule is C=CC(=O)N1CC[C@H](n2nnc3c(OC[C@@H]4CCCN4C)nc4c(Cl)c(-c5ccc(F)c6cccnc56)c(Cl)cc4c32)C[C@H]1CC#N. The van der Waals surface area contributed by atoms with Crippen molar-refractivity contribution in [2.75, 3.05) is 26.7 Å². The highest BCUT2D eigenvalue weighted by atomic mass is 35.5. The number of pyridine rings is 2. The zero-order valence-electron chi connectivity index (χ0n) is 25.7. The van der Waals surface area contributed by atoms with Gasteiger partial charge in [0.05, 0.1) is 39.6 Å². The first-order valence-electron chi connectivity index (χ1n) is 15.5. The first-order valence-corrected chi connectivity index (χ1v) is 16.3. The molecule has 240 valence electrons. The van der Waals surface area contributed by atoms with Crippen molar-refractivity contribution in [3.63, 3.8) is 0 Å². The van der Waals surface area contributed by atoms with Gasteiger partial charge < -0.3 is 14.5 Å². The number of rotatable bonds is 7. The molecule has 2 aromatic carbocycles. The minimum Gasteiger partial charge on any atom is -0.474 e. The largest absolute Gasteiger partial charge is 0.474 e. The van der Waals surface area contributed by atoms with Crippen LogP contribution in [0.1, 0.15) is 38.1 Å². The van der Waals surface area contributed by atoms with Gasteiger partial charge in [0.15, 0.2) is 5.52 Å². The molecule has 47 heavy (non-hydrogen) atoms. The van der Waals surface area contributed by atoms with Crippen molar-refractivity contribution in [2.24, 2.45) is 0 Å². The number of hydrogen-bond donors (Lipinski definition) is 0. The predicted octanol–water partition coefficient (Wildman–Crippen LogP) is 6.75. The number of nitriles is 1. The van der Waals surface area contributed by atoms with Gasteiger partial charge in [-0.15, -0.1) is 5.10 Å². The summed E-state index contributed by atoms with van der Waals surface area (Å²) in [4.78, 5) is 25.9. The number of likely N-dealkylation sites (tertiary alicyclic amines) is 2. The van der Waals surface area contributed by atoms with Gasteiger partial charge in [0, 0.05) is 46.7 Å². The monoisotopic (exact) mass is 672 g/mol. The van der Waals surface area contributed by atoms with E-state index in [2.05, 4.69) is 39.9 Å². The minimum absolute atomic E-state index is 0.176. The lowest BCUT2D eigenvalue weighted by Gasteiger charge is -2.38. The summed E-state index contributed by atoms with van der Waals surface area (Å²) in [6, 6.07) is 10.1. The summed E-state index contributed by atoms with van der Waals surface area (Å²) in [6.45, 7) is 5.46. The van der Waals surface area contributed by atoms with Gasteiger partial charge in [0.25, 0.3) is 0 Å². The third kappa shape index (κ3) is 5.44. The summed E-state index contributed by atoms with van der Waals surface area (Å²) in [5, 5.41) is 20.3. The molecule has 0 spiro atoms. The molecule has 3 atom stereocenters. The Morgan fingerprint density at radius 2 is 2.02 bits per heavy atom. The van der Waals surface area contributed by atoms with E-state index in [1.807, 2.05) is 4.68 Å². The number of halogens is 3. The topological polar surface area (TPSA) is 113 Å². The number of benzene rings is 2. The Labute approximate surface area is 280 Å². The average Bonchev–Trinajstić information content (AvgIpc) is 3.71. The van der Waals surface area contributed by atoms with E-state index >= 15 is 0 Å². The molecule has 0 unspecified atom stereocenters. The van der Waals surface area contributed by atoms with Crippen LogP contribution in [-0.4, -0.2) is 79.5 Å². The van der Waals surface area contributed by atoms with E-state index in [0.29, 0.717) is 80.9 Å². The minimum atomic E-state index is -0.400. The Morgan fingerprint density at radius 1 is 1.17 bits per heavy atom. The lowest BCUT2D eigenvalue weighted by atomic mass is 9.94. The molecule has 2 fully saturated rings. The molecule has 5 heterocycles. The van der Waals surface area contributed by atoms with Crippen molar-refractivity contribution < 1.29 is 13.9 Å². The van der Waals surface area contributed by atoms with Gasteiger partial charge in [-0.2, -0.15) is 5.26 Å². The van der Waals surface area contributed by atoms with Crippen LogP contribution in [0.25, 0.3) is 44.0 Å². The Kier molecular flexibility index (Phi) is 8.43. The summed E-state index contributed by atoms with van der Waals surface area (Å²) in [7, 11) is 2.08. The number of nitrogens with zero attached hydrogens (tertiary/aromatic N) is 8. The van der Waals surface area contributed by atoms with Crippen LogP contribution >= 0.6 is 23.2 Å². The first kappa shape index (κ1) is 31.2. The van der Waals surface area contributed by atoms with E-state index in [0.717, 1.165) is 19.4 Å². The molecule has 0 radical (unpaired) electrons. The lowest BCUT2D eigenvalue weighted by molar-refractivity contribution is -0.130. The quantitative estimate of drug-likeness (QED) is 0.175. The van der Waals surface area contributed by atoms with Crippen molar-refractivity contribution in [3.8, 4) is 23.1 Å². The Morgan fingerprint density at radius 3 is 2.79 bits per heavy atom. The van der Waals surface area contributed by atoms with Gasteiger partial charge in [0.2, 0.25) is 11.8 Å². The van der Waals surface area contributed by atoms with Crippen LogP contribution in [0.15, 0.2) is 49.2 Å². The lowest BCUT2D eigenvalue weighted by Crippen LogP contribution is -2.45. The third-order valence-electron chi connectivity index (χ3n) is 9.45. The van der Waals surface area contributed by atoms with E-state index < -0.39 is 5.82 Å². The number of amides is 1. The molecule has 0 N–H and O–H groups in total. The van der Waals surface area contributed by atoms with Crippen LogP contribution < -0.4 is 4.74 Å². The fraction of sp³-hybridized carbons (Fsp3) is 0.353. The fourth-order valence-corrected chi connectivity index (χ4v) is 7.71. The van der Waals surface area contributed by atoms with E-state index in [9.17, 15) is 14.4 Å². The Hall–Kier alpha value is -4.37. The first-order chi connectivity index (χ1) is 22.8. The maximum atomic E-state index is 14.8. The number of aromatic nitrogens is 5. The molecule has 5 aromatic rings. The number of hydrogen-bond acceptors (Lipinski definition) is 8. The molecule has 3 aromatic heterocycles. The van der Waals surface area contributed by atoms with Crippen molar-refractivity contribution in [1.82, 2.24) is 34.8 Å². The number of fused-ring (bicyclic) bond motifs is 4. The second-order valence-electron chi connectivity index (χ2n) is 12.1. The molecule has 1 amide bonds. The average molecular weight is 674 g/mol. The van der Waals surface area contributed by atoms with Crippen LogP contribution in [0.5, 0.6) is 5.88 Å². The number of piperidine rings is 1. The zero-order valence-corrected chi connectivity index (χ0v) is 27.2.